The summed E-state index contributed by atoms with van der Waals surface area (Å²) in [6.45, 7) is 0. The van der Waals surface area contributed by atoms with Gasteiger partial charge in [-0.3, -0.25) is 0 Å². The highest BCUT2D eigenvalue weighted by molar-refractivity contribution is 5.73. The summed E-state index contributed by atoms with van der Waals surface area (Å²) in [6, 6.07) is 7.26. The molecular formula is C9H10N2O. The van der Waals surface area contributed by atoms with E-state index in [1.807, 2.05) is 24.3 Å². The zero-order valence-corrected chi connectivity index (χ0v) is 6.53. The number of anilines is 1. The van der Waals surface area contributed by atoms with Crippen LogP contribution in [0.5, 0.6) is 0 Å². The van der Waals surface area contributed by atoms with Crippen molar-refractivity contribution in [1.29, 1.82) is 0 Å². The maximum absolute atomic E-state index is 10.5. The lowest BCUT2D eigenvalue weighted by molar-refractivity contribution is -0.108. The van der Waals surface area contributed by atoms with Crippen LogP contribution in [0.2, 0.25) is 0 Å². The second-order valence-corrected chi connectivity index (χ2v) is 2.92. The average Bonchev–Trinajstić information content (AvgIpc) is 2.44. The van der Waals surface area contributed by atoms with Crippen LogP contribution < -0.4 is 11.1 Å². The van der Waals surface area contributed by atoms with Gasteiger partial charge < -0.3 is 15.8 Å². The van der Waals surface area contributed by atoms with Crippen molar-refractivity contribution in [2.45, 2.75) is 12.1 Å². The van der Waals surface area contributed by atoms with E-state index in [0.717, 1.165) is 17.5 Å². The summed E-state index contributed by atoms with van der Waals surface area (Å²) >= 11 is 0. The van der Waals surface area contributed by atoms with Gasteiger partial charge in [0.05, 0.1) is 6.04 Å². The third kappa shape index (κ3) is 0.905. The molecule has 0 fully saturated rings. The molecule has 12 heavy (non-hydrogen) atoms. The zero-order chi connectivity index (χ0) is 8.55. The number of benzene rings is 1. The fourth-order valence-corrected chi connectivity index (χ4v) is 1.50. The molecule has 1 aliphatic heterocycles. The molecule has 0 radical (unpaired) electrons. The number of nitrogens with two attached hydrogens (primary N) is 1. The van der Waals surface area contributed by atoms with E-state index in [-0.39, 0.29) is 12.1 Å². The minimum atomic E-state index is -0.262. The standard InChI is InChI=1S/C9H10N2O/c10-9-6-3-1-2-4-7(6)11-8(9)5-12/h1-5,8-9,11H,10H2. The Morgan fingerprint density at radius 2 is 2.17 bits per heavy atom. The number of hydrogen-bond acceptors (Lipinski definition) is 3. The Hall–Kier alpha value is -1.35. The number of para-hydroxylation sites is 1. The molecule has 1 aromatic rings. The second-order valence-electron chi connectivity index (χ2n) is 2.92. The first kappa shape index (κ1) is 7.31. The molecule has 2 atom stereocenters. The van der Waals surface area contributed by atoms with E-state index in [9.17, 15) is 4.79 Å². The van der Waals surface area contributed by atoms with Crippen LogP contribution in [0.1, 0.15) is 11.6 Å². The molecule has 2 rings (SSSR count). The van der Waals surface area contributed by atoms with Gasteiger partial charge in [0.25, 0.3) is 0 Å². The van der Waals surface area contributed by atoms with E-state index in [1.165, 1.54) is 0 Å². The van der Waals surface area contributed by atoms with Crippen LogP contribution in [0.15, 0.2) is 24.3 Å². The predicted octanol–water partition coefficient (Wildman–Crippen LogP) is 0.679. The van der Waals surface area contributed by atoms with Crippen LogP contribution in [-0.4, -0.2) is 12.3 Å². The largest absolute Gasteiger partial charge is 0.374 e. The SMILES string of the molecule is NC1c2ccccc2NC1C=O. The minimum Gasteiger partial charge on any atom is -0.374 e. The molecule has 0 bridgehead atoms. The molecule has 1 aromatic carbocycles. The lowest BCUT2D eigenvalue weighted by Crippen LogP contribution is -2.27. The van der Waals surface area contributed by atoms with Crippen molar-refractivity contribution in [2.24, 2.45) is 5.73 Å². The first-order valence-electron chi connectivity index (χ1n) is 3.89. The lowest BCUT2D eigenvalue weighted by atomic mass is 10.1. The van der Waals surface area contributed by atoms with Gasteiger partial charge in [-0.1, -0.05) is 18.2 Å². The van der Waals surface area contributed by atoms with E-state index in [2.05, 4.69) is 5.32 Å². The molecule has 62 valence electrons. The highest BCUT2D eigenvalue weighted by Crippen LogP contribution is 2.30. The number of aldehydes is 1. The molecule has 0 aliphatic carbocycles. The van der Waals surface area contributed by atoms with Crippen LogP contribution in [0.25, 0.3) is 0 Å². The second kappa shape index (κ2) is 2.60. The third-order valence-corrected chi connectivity index (χ3v) is 2.18. The number of hydrogen-bond donors (Lipinski definition) is 2. The summed E-state index contributed by atoms with van der Waals surface area (Å²) in [6.07, 6.45) is 0.852. The molecule has 3 heteroatoms. The van der Waals surface area contributed by atoms with E-state index in [1.54, 1.807) is 0 Å². The Bertz CT molecular complexity index is 311. The highest BCUT2D eigenvalue weighted by Gasteiger charge is 2.27. The van der Waals surface area contributed by atoms with E-state index in [0.29, 0.717) is 0 Å². The molecule has 3 N–H and O–H groups in total. The maximum atomic E-state index is 10.5. The summed E-state index contributed by atoms with van der Waals surface area (Å²) in [7, 11) is 0. The van der Waals surface area contributed by atoms with Crippen molar-refractivity contribution in [3.63, 3.8) is 0 Å². The molecular weight excluding hydrogens is 152 g/mol. The maximum Gasteiger partial charge on any atom is 0.144 e. The summed E-state index contributed by atoms with van der Waals surface area (Å²) < 4.78 is 0. The number of carbonyl (C=O) groups is 1. The Labute approximate surface area is 70.6 Å². The van der Waals surface area contributed by atoms with Crippen molar-refractivity contribution in [3.05, 3.63) is 29.8 Å². The molecule has 0 saturated carbocycles. The fourth-order valence-electron chi connectivity index (χ4n) is 1.50. The van der Waals surface area contributed by atoms with Gasteiger partial charge in [0.2, 0.25) is 0 Å². The van der Waals surface area contributed by atoms with Crippen molar-refractivity contribution in [2.75, 3.05) is 5.32 Å². The number of rotatable bonds is 1. The van der Waals surface area contributed by atoms with Crippen molar-refractivity contribution < 1.29 is 4.79 Å². The van der Waals surface area contributed by atoms with Crippen LogP contribution in [0.3, 0.4) is 0 Å². The first-order chi connectivity index (χ1) is 5.83. The third-order valence-electron chi connectivity index (χ3n) is 2.18. The van der Waals surface area contributed by atoms with Crippen LogP contribution in [0, 0.1) is 0 Å². The molecule has 3 nitrogen and oxygen atoms in total. The summed E-state index contributed by atoms with van der Waals surface area (Å²) in [5.41, 5.74) is 7.80. The smallest absolute Gasteiger partial charge is 0.144 e. The monoisotopic (exact) mass is 162 g/mol. The summed E-state index contributed by atoms with van der Waals surface area (Å²) in [4.78, 5) is 10.5. The Morgan fingerprint density at radius 1 is 1.42 bits per heavy atom. The molecule has 0 saturated heterocycles. The molecule has 0 spiro atoms. The first-order valence-corrected chi connectivity index (χ1v) is 3.89. The lowest BCUT2D eigenvalue weighted by Gasteiger charge is -2.07. The summed E-state index contributed by atoms with van der Waals surface area (Å²) in [5, 5.41) is 3.04. The predicted molar refractivity (Wildman–Crippen MR) is 46.8 cm³/mol. The normalized spacial score (nSPS) is 26.1. The Morgan fingerprint density at radius 3 is 2.83 bits per heavy atom. The molecule has 2 unspecified atom stereocenters. The van der Waals surface area contributed by atoms with Gasteiger partial charge >= 0.3 is 0 Å². The highest BCUT2D eigenvalue weighted by atomic mass is 16.1. The Kier molecular flexibility index (Phi) is 1.59. The van der Waals surface area contributed by atoms with E-state index < -0.39 is 0 Å². The van der Waals surface area contributed by atoms with Gasteiger partial charge in [0.15, 0.2) is 0 Å². The number of carbonyl (C=O) groups excluding carboxylic acids is 1. The topological polar surface area (TPSA) is 55.1 Å². The zero-order valence-electron chi connectivity index (χ0n) is 6.53. The quantitative estimate of drug-likeness (QED) is 0.597. The van der Waals surface area contributed by atoms with Crippen LogP contribution in [-0.2, 0) is 4.79 Å². The molecule has 1 aliphatic rings. The van der Waals surface area contributed by atoms with E-state index in [4.69, 9.17) is 5.73 Å². The van der Waals surface area contributed by atoms with Crippen molar-refractivity contribution in [3.8, 4) is 0 Å². The summed E-state index contributed by atoms with van der Waals surface area (Å²) in [5.74, 6) is 0. The van der Waals surface area contributed by atoms with Crippen molar-refractivity contribution in [1.82, 2.24) is 0 Å². The minimum absolute atomic E-state index is 0.196. The number of fused-ring (bicyclic) bond motifs is 1. The van der Waals surface area contributed by atoms with Gasteiger partial charge in [-0.25, -0.2) is 0 Å². The number of nitrogens with one attached hydrogen (secondary N) is 1. The van der Waals surface area contributed by atoms with Crippen LogP contribution >= 0.6 is 0 Å². The molecule has 0 aromatic heterocycles. The Balaban J connectivity index is 2.41. The van der Waals surface area contributed by atoms with E-state index >= 15 is 0 Å². The van der Waals surface area contributed by atoms with Gasteiger partial charge in [-0.2, -0.15) is 0 Å². The fraction of sp³-hybridized carbons (Fsp3) is 0.222. The van der Waals surface area contributed by atoms with Gasteiger partial charge in [0.1, 0.15) is 12.3 Å². The molecule has 1 heterocycles. The van der Waals surface area contributed by atoms with Gasteiger partial charge in [-0.05, 0) is 11.6 Å². The van der Waals surface area contributed by atoms with Gasteiger partial charge in [-0.15, -0.1) is 0 Å². The van der Waals surface area contributed by atoms with Gasteiger partial charge in [0, 0.05) is 5.69 Å². The van der Waals surface area contributed by atoms with Crippen LogP contribution in [0.4, 0.5) is 5.69 Å². The average molecular weight is 162 g/mol. The molecule has 0 amide bonds. The van der Waals surface area contributed by atoms with Crippen molar-refractivity contribution >= 4 is 12.0 Å².